The second-order valence-corrected chi connectivity index (χ2v) is 4.69. The minimum atomic E-state index is 0.264. The molecule has 0 unspecified atom stereocenters. The zero-order chi connectivity index (χ0) is 14.7. The Bertz CT molecular complexity index is 735. The number of aromatic nitrogens is 2. The van der Waals surface area contributed by atoms with Crippen LogP contribution in [0.25, 0.3) is 11.5 Å². The summed E-state index contributed by atoms with van der Waals surface area (Å²) in [7, 11) is 0. The van der Waals surface area contributed by atoms with Crippen molar-refractivity contribution >= 4 is 5.69 Å². The summed E-state index contributed by atoms with van der Waals surface area (Å²) in [5, 5.41) is 20.5. The molecule has 0 radical (unpaired) electrons. The zero-order valence-electron chi connectivity index (χ0n) is 11.6. The predicted molar refractivity (Wildman–Crippen MR) is 79.9 cm³/mol. The Balaban J connectivity index is 1.81. The predicted octanol–water partition coefficient (Wildman–Crippen LogP) is 3.36. The first kappa shape index (κ1) is 13.2. The van der Waals surface area contributed by atoms with Crippen LogP contribution in [-0.2, 0) is 6.54 Å². The fourth-order valence-corrected chi connectivity index (χ4v) is 2.04. The molecule has 0 atom stereocenters. The monoisotopic (exact) mass is 281 g/mol. The van der Waals surface area contributed by atoms with Gasteiger partial charge in [0.25, 0.3) is 0 Å². The minimum Gasteiger partial charge on any atom is -0.508 e. The molecule has 3 aromatic rings. The van der Waals surface area contributed by atoms with E-state index in [-0.39, 0.29) is 5.75 Å². The Hall–Kier alpha value is -2.82. The lowest BCUT2D eigenvalue weighted by Gasteiger charge is -2.09. The molecular formula is C16H15N3O2. The van der Waals surface area contributed by atoms with E-state index in [1.165, 1.54) is 0 Å². The van der Waals surface area contributed by atoms with E-state index in [0.717, 1.165) is 16.8 Å². The molecule has 0 aliphatic carbocycles. The lowest BCUT2D eigenvalue weighted by Crippen LogP contribution is -2.00. The molecule has 2 aromatic carbocycles. The molecule has 1 aromatic heterocycles. The van der Waals surface area contributed by atoms with Gasteiger partial charge in [0.2, 0.25) is 11.8 Å². The average molecular weight is 281 g/mol. The fourth-order valence-electron chi connectivity index (χ4n) is 2.04. The highest BCUT2D eigenvalue weighted by Crippen LogP contribution is 2.27. The number of aryl methyl sites for hydroxylation is 1. The molecule has 0 bridgehead atoms. The molecule has 3 rings (SSSR count). The third kappa shape index (κ3) is 3.02. The van der Waals surface area contributed by atoms with Crippen LogP contribution in [0.15, 0.2) is 52.9 Å². The molecule has 0 saturated heterocycles. The molecule has 21 heavy (non-hydrogen) atoms. The van der Waals surface area contributed by atoms with Gasteiger partial charge in [-0.25, -0.2) is 0 Å². The van der Waals surface area contributed by atoms with Crippen molar-refractivity contribution in [3.63, 3.8) is 0 Å². The quantitative estimate of drug-likeness (QED) is 0.767. The summed E-state index contributed by atoms with van der Waals surface area (Å²) in [5.41, 5.74) is 2.87. The van der Waals surface area contributed by atoms with Crippen molar-refractivity contribution in [2.45, 2.75) is 13.5 Å². The van der Waals surface area contributed by atoms with Crippen LogP contribution in [0.2, 0.25) is 0 Å². The number of hydrogen-bond donors (Lipinski definition) is 2. The van der Waals surface area contributed by atoms with E-state index >= 15 is 0 Å². The van der Waals surface area contributed by atoms with Gasteiger partial charge in [0.05, 0.1) is 5.56 Å². The number of phenols is 1. The Kier molecular flexibility index (Phi) is 3.55. The van der Waals surface area contributed by atoms with Crippen LogP contribution >= 0.6 is 0 Å². The summed E-state index contributed by atoms with van der Waals surface area (Å²) in [6.45, 7) is 2.41. The van der Waals surface area contributed by atoms with Gasteiger partial charge >= 0.3 is 0 Å². The van der Waals surface area contributed by atoms with Gasteiger partial charge in [-0.1, -0.05) is 24.3 Å². The Morgan fingerprint density at radius 1 is 1.05 bits per heavy atom. The van der Waals surface area contributed by atoms with Crippen molar-refractivity contribution in [3.05, 3.63) is 60.0 Å². The molecule has 5 nitrogen and oxygen atoms in total. The SMILES string of the molecule is Cc1nnc(-c2ccccc2NCc2ccc(O)cc2)o1. The van der Waals surface area contributed by atoms with E-state index in [1.807, 2.05) is 36.4 Å². The van der Waals surface area contributed by atoms with Crippen molar-refractivity contribution < 1.29 is 9.52 Å². The highest BCUT2D eigenvalue weighted by molar-refractivity contribution is 5.72. The number of anilines is 1. The highest BCUT2D eigenvalue weighted by atomic mass is 16.4. The molecule has 0 aliphatic heterocycles. The van der Waals surface area contributed by atoms with Gasteiger partial charge in [-0.3, -0.25) is 0 Å². The number of rotatable bonds is 4. The maximum absolute atomic E-state index is 9.29. The molecule has 0 saturated carbocycles. The number of benzene rings is 2. The van der Waals surface area contributed by atoms with E-state index in [4.69, 9.17) is 4.42 Å². The van der Waals surface area contributed by atoms with Crippen LogP contribution < -0.4 is 5.32 Å². The van der Waals surface area contributed by atoms with E-state index in [2.05, 4.69) is 15.5 Å². The molecule has 1 heterocycles. The minimum absolute atomic E-state index is 0.264. The van der Waals surface area contributed by atoms with Crippen LogP contribution in [0.3, 0.4) is 0 Å². The smallest absolute Gasteiger partial charge is 0.249 e. The third-order valence-corrected chi connectivity index (χ3v) is 3.10. The second-order valence-electron chi connectivity index (χ2n) is 4.69. The lowest BCUT2D eigenvalue weighted by atomic mass is 10.1. The summed E-state index contributed by atoms with van der Waals surface area (Å²) >= 11 is 0. The van der Waals surface area contributed by atoms with Crippen molar-refractivity contribution in [2.24, 2.45) is 0 Å². The van der Waals surface area contributed by atoms with Crippen LogP contribution in [-0.4, -0.2) is 15.3 Å². The van der Waals surface area contributed by atoms with Crippen molar-refractivity contribution in [3.8, 4) is 17.2 Å². The zero-order valence-corrected chi connectivity index (χ0v) is 11.6. The van der Waals surface area contributed by atoms with Gasteiger partial charge in [-0.2, -0.15) is 0 Å². The normalized spacial score (nSPS) is 10.5. The topological polar surface area (TPSA) is 71.2 Å². The molecule has 0 amide bonds. The second kappa shape index (κ2) is 5.66. The highest BCUT2D eigenvalue weighted by Gasteiger charge is 2.10. The van der Waals surface area contributed by atoms with Gasteiger partial charge in [0.15, 0.2) is 0 Å². The van der Waals surface area contributed by atoms with Gasteiger partial charge in [0, 0.05) is 19.2 Å². The summed E-state index contributed by atoms with van der Waals surface area (Å²) < 4.78 is 5.48. The van der Waals surface area contributed by atoms with Crippen LogP contribution in [0.4, 0.5) is 5.69 Å². The summed E-state index contributed by atoms with van der Waals surface area (Å²) in [5.74, 6) is 1.31. The number of aromatic hydroxyl groups is 1. The molecule has 106 valence electrons. The number of hydrogen-bond acceptors (Lipinski definition) is 5. The van der Waals surface area contributed by atoms with Crippen LogP contribution in [0, 0.1) is 6.92 Å². The van der Waals surface area contributed by atoms with E-state index < -0.39 is 0 Å². The van der Waals surface area contributed by atoms with E-state index in [9.17, 15) is 5.11 Å². The first-order valence-corrected chi connectivity index (χ1v) is 6.63. The van der Waals surface area contributed by atoms with Crippen molar-refractivity contribution in [2.75, 3.05) is 5.32 Å². The summed E-state index contributed by atoms with van der Waals surface area (Å²) in [6, 6.07) is 14.9. The van der Waals surface area contributed by atoms with Crippen LogP contribution in [0.1, 0.15) is 11.5 Å². The fraction of sp³-hybridized carbons (Fsp3) is 0.125. The Labute approximate surface area is 122 Å². The molecular weight excluding hydrogens is 266 g/mol. The number of nitrogens with zero attached hydrogens (tertiary/aromatic N) is 2. The van der Waals surface area contributed by atoms with Gasteiger partial charge in [0.1, 0.15) is 5.75 Å². The molecule has 0 spiro atoms. The van der Waals surface area contributed by atoms with Gasteiger partial charge in [-0.15, -0.1) is 10.2 Å². The standard InChI is InChI=1S/C16H15N3O2/c1-11-18-19-16(21-11)14-4-2-3-5-15(14)17-10-12-6-8-13(20)9-7-12/h2-9,17,20H,10H2,1H3. The maximum Gasteiger partial charge on any atom is 0.249 e. The molecule has 5 heteroatoms. The Morgan fingerprint density at radius 3 is 2.52 bits per heavy atom. The number of phenolic OH excluding ortho intramolecular Hbond substituents is 1. The molecule has 0 fully saturated rings. The largest absolute Gasteiger partial charge is 0.508 e. The number of para-hydroxylation sites is 1. The first-order chi connectivity index (χ1) is 10.2. The van der Waals surface area contributed by atoms with E-state index in [0.29, 0.717) is 18.3 Å². The summed E-state index contributed by atoms with van der Waals surface area (Å²) in [6.07, 6.45) is 0. The third-order valence-electron chi connectivity index (χ3n) is 3.10. The maximum atomic E-state index is 9.29. The number of nitrogens with one attached hydrogen (secondary N) is 1. The summed E-state index contributed by atoms with van der Waals surface area (Å²) in [4.78, 5) is 0. The van der Waals surface area contributed by atoms with Crippen LogP contribution in [0.5, 0.6) is 5.75 Å². The van der Waals surface area contributed by atoms with Crippen molar-refractivity contribution in [1.29, 1.82) is 0 Å². The van der Waals surface area contributed by atoms with E-state index in [1.54, 1.807) is 19.1 Å². The molecule has 2 N–H and O–H groups in total. The van der Waals surface area contributed by atoms with Crippen molar-refractivity contribution in [1.82, 2.24) is 10.2 Å². The Morgan fingerprint density at radius 2 is 1.81 bits per heavy atom. The van der Waals surface area contributed by atoms with Gasteiger partial charge in [-0.05, 0) is 29.8 Å². The molecule has 0 aliphatic rings. The lowest BCUT2D eigenvalue weighted by molar-refractivity contribution is 0.475. The average Bonchev–Trinajstić information content (AvgIpc) is 2.93. The van der Waals surface area contributed by atoms with Gasteiger partial charge < -0.3 is 14.8 Å². The first-order valence-electron chi connectivity index (χ1n) is 6.63.